The van der Waals surface area contributed by atoms with Gasteiger partial charge in [-0.3, -0.25) is 4.79 Å². The molecule has 0 radical (unpaired) electrons. The van der Waals surface area contributed by atoms with Gasteiger partial charge < -0.3 is 9.38 Å². The van der Waals surface area contributed by atoms with Crippen molar-refractivity contribution in [3.63, 3.8) is 0 Å². The molecule has 0 amide bonds. The van der Waals surface area contributed by atoms with Crippen LogP contribution in [0.1, 0.15) is 58.3 Å². The molecule has 0 spiro atoms. The van der Waals surface area contributed by atoms with Crippen LogP contribution in [0.15, 0.2) is 12.2 Å². The molecule has 1 N–H and O–H groups in total. The van der Waals surface area contributed by atoms with Crippen molar-refractivity contribution in [3.8, 4) is 0 Å². The minimum absolute atomic E-state index is 0.00178. The predicted octanol–water partition coefficient (Wildman–Crippen LogP) is 4.31. The second kappa shape index (κ2) is 12.3. The normalized spacial score (nSPS) is 13.8. The average Bonchev–Trinajstić information content (AvgIpc) is 2.38. The molecule has 3 nitrogen and oxygen atoms in total. The zero-order valence-corrected chi connectivity index (χ0v) is 15.4. The van der Waals surface area contributed by atoms with Crippen LogP contribution in [0.2, 0.25) is 0 Å². The summed E-state index contributed by atoms with van der Waals surface area (Å²) < 4.78 is 0.583. The van der Waals surface area contributed by atoms with Crippen molar-refractivity contribution in [3.05, 3.63) is 12.2 Å². The fraction of sp³-hybridized carbons (Fsp3) is 0.824. The summed E-state index contributed by atoms with van der Waals surface area (Å²) >= 11 is 0. The highest BCUT2D eigenvalue weighted by molar-refractivity contribution is 7.69. The van der Waals surface area contributed by atoms with E-state index in [2.05, 4.69) is 13.0 Å². The van der Waals surface area contributed by atoms with Crippen LogP contribution < -0.4 is 0 Å². The molecule has 0 saturated carbocycles. The highest BCUT2D eigenvalue weighted by Gasteiger charge is 2.21. The van der Waals surface area contributed by atoms with Crippen molar-refractivity contribution in [2.45, 2.75) is 58.3 Å². The molecular formula is C17H35NO2P+. The van der Waals surface area contributed by atoms with Gasteiger partial charge in [-0.05, 0) is 12.8 Å². The van der Waals surface area contributed by atoms with Crippen LogP contribution in [-0.2, 0) is 4.79 Å². The maximum Gasteiger partial charge on any atom is 0.235 e. The molecule has 1 unspecified atom stereocenters. The van der Waals surface area contributed by atoms with Crippen LogP contribution >= 0.6 is 8.15 Å². The van der Waals surface area contributed by atoms with Gasteiger partial charge in [0, 0.05) is 6.16 Å². The molecular weight excluding hydrogens is 281 g/mol. The quantitative estimate of drug-likeness (QED) is 0.238. The number of carbonyl (C=O) groups is 1. The third-order valence-corrected chi connectivity index (χ3v) is 4.59. The van der Waals surface area contributed by atoms with Gasteiger partial charge in [-0.1, -0.05) is 57.6 Å². The van der Waals surface area contributed by atoms with Crippen molar-refractivity contribution in [2.75, 3.05) is 33.8 Å². The topological polar surface area (TPSA) is 37.3 Å². The highest BCUT2D eigenvalue weighted by Crippen LogP contribution is 2.31. The van der Waals surface area contributed by atoms with Gasteiger partial charge >= 0.3 is 0 Å². The molecule has 0 heterocycles. The molecule has 0 aromatic rings. The lowest BCUT2D eigenvalue weighted by Gasteiger charge is -2.23. The average molecular weight is 316 g/mol. The van der Waals surface area contributed by atoms with Crippen molar-refractivity contribution in [2.24, 2.45) is 0 Å². The predicted molar refractivity (Wildman–Crippen MR) is 93.7 cm³/mol. The molecule has 0 aliphatic rings. The molecule has 124 valence electrons. The molecule has 1 atom stereocenters. The van der Waals surface area contributed by atoms with Gasteiger partial charge in [0.15, 0.2) is 0 Å². The van der Waals surface area contributed by atoms with E-state index in [1.165, 1.54) is 44.9 Å². The van der Waals surface area contributed by atoms with Crippen LogP contribution in [0.3, 0.4) is 0 Å². The van der Waals surface area contributed by atoms with Gasteiger partial charge in [0.05, 0.1) is 21.1 Å². The van der Waals surface area contributed by atoms with Crippen molar-refractivity contribution >= 4 is 13.7 Å². The maximum atomic E-state index is 11.8. The lowest BCUT2D eigenvalue weighted by molar-refractivity contribution is -0.861. The van der Waals surface area contributed by atoms with Crippen LogP contribution in [-0.4, -0.2) is 48.8 Å². The van der Waals surface area contributed by atoms with Gasteiger partial charge in [-0.2, -0.15) is 0 Å². The first-order chi connectivity index (χ1) is 9.87. The fourth-order valence-corrected chi connectivity index (χ4v) is 3.24. The first kappa shape index (κ1) is 20.8. The number of unbranched alkanes of at least 4 members (excludes halogenated alkanes) is 7. The molecule has 0 aliphatic heterocycles. The molecule has 0 rings (SSSR count). The summed E-state index contributed by atoms with van der Waals surface area (Å²) in [5, 5.41) is 0. The maximum absolute atomic E-state index is 11.8. The number of allylic oxidation sites excluding steroid dienone is 2. The molecule has 0 aromatic carbocycles. The van der Waals surface area contributed by atoms with E-state index < -0.39 is 8.15 Å². The number of likely N-dealkylation sites (N-methyl/N-ethyl adjacent to an activating group) is 1. The first-order valence-electron chi connectivity index (χ1n) is 8.31. The summed E-state index contributed by atoms with van der Waals surface area (Å²) in [4.78, 5) is 21.6. The smallest absolute Gasteiger partial charge is 0.235 e. The number of quaternary nitrogens is 1. The second-order valence-corrected chi connectivity index (χ2v) is 8.47. The van der Waals surface area contributed by atoms with Gasteiger partial charge in [0.1, 0.15) is 14.7 Å². The van der Waals surface area contributed by atoms with Gasteiger partial charge in [0.25, 0.3) is 0 Å². The molecule has 0 aromatic heterocycles. The molecule has 0 saturated heterocycles. The number of nitrogens with zero attached hydrogens (tertiary/aromatic N) is 1. The zero-order chi connectivity index (χ0) is 16.1. The SMILES string of the molecule is CCCCCCCCCC=CCP(O)C(=O)C[N+](C)(C)C. The van der Waals surface area contributed by atoms with Crippen LogP contribution in [0.4, 0.5) is 0 Å². The number of hydrogen-bond donors (Lipinski definition) is 1. The third-order valence-electron chi connectivity index (χ3n) is 3.32. The zero-order valence-electron chi connectivity index (χ0n) is 14.5. The highest BCUT2D eigenvalue weighted by atomic mass is 31.1. The van der Waals surface area contributed by atoms with E-state index in [1.54, 1.807) is 0 Å². The van der Waals surface area contributed by atoms with Crippen LogP contribution in [0, 0.1) is 0 Å². The molecule has 0 fully saturated rings. The van der Waals surface area contributed by atoms with Gasteiger partial charge in [0.2, 0.25) is 5.52 Å². The minimum atomic E-state index is -1.48. The Hall–Kier alpha value is -0.240. The number of hydrogen-bond acceptors (Lipinski definition) is 2. The standard InChI is InChI=1S/C17H35NO2P/c1-5-6-7-8-9-10-11-12-13-14-15-21(20)17(19)16-18(2,3)4/h13-14,20H,5-12,15-16H2,1-4H3/q+1. The third kappa shape index (κ3) is 14.5. The van der Waals surface area contributed by atoms with Gasteiger partial charge in [-0.25, -0.2) is 0 Å². The summed E-state index contributed by atoms with van der Waals surface area (Å²) in [6.07, 6.45) is 14.9. The van der Waals surface area contributed by atoms with E-state index in [4.69, 9.17) is 0 Å². The Morgan fingerprint density at radius 3 is 2.14 bits per heavy atom. The van der Waals surface area contributed by atoms with E-state index in [0.717, 1.165) is 6.42 Å². The van der Waals surface area contributed by atoms with E-state index in [1.807, 2.05) is 27.2 Å². The Morgan fingerprint density at radius 1 is 1.00 bits per heavy atom. The Bertz CT molecular complexity index is 298. The lowest BCUT2D eigenvalue weighted by Crippen LogP contribution is -2.39. The van der Waals surface area contributed by atoms with Crippen molar-refractivity contribution < 1.29 is 14.2 Å². The van der Waals surface area contributed by atoms with Crippen molar-refractivity contribution in [1.29, 1.82) is 0 Å². The molecule has 21 heavy (non-hydrogen) atoms. The molecule has 4 heteroatoms. The number of carbonyl (C=O) groups excluding carboxylic acids is 1. The van der Waals surface area contributed by atoms with Crippen LogP contribution in [0.25, 0.3) is 0 Å². The van der Waals surface area contributed by atoms with E-state index >= 15 is 0 Å². The monoisotopic (exact) mass is 316 g/mol. The fourth-order valence-electron chi connectivity index (χ4n) is 2.10. The Labute approximate surface area is 132 Å². The Morgan fingerprint density at radius 2 is 1.57 bits per heavy atom. The second-order valence-electron chi connectivity index (χ2n) is 6.81. The van der Waals surface area contributed by atoms with Crippen molar-refractivity contribution in [1.82, 2.24) is 0 Å². The van der Waals surface area contributed by atoms with E-state index in [-0.39, 0.29) is 5.52 Å². The Balaban J connectivity index is 3.56. The van der Waals surface area contributed by atoms with Gasteiger partial charge in [-0.15, -0.1) is 0 Å². The lowest BCUT2D eigenvalue weighted by atomic mass is 10.1. The van der Waals surface area contributed by atoms with E-state index in [0.29, 0.717) is 17.2 Å². The largest absolute Gasteiger partial charge is 0.366 e. The minimum Gasteiger partial charge on any atom is -0.366 e. The van der Waals surface area contributed by atoms with E-state index in [9.17, 15) is 9.69 Å². The number of rotatable bonds is 13. The summed E-state index contributed by atoms with van der Waals surface area (Å²) in [6, 6.07) is 0. The van der Waals surface area contributed by atoms with Crippen LogP contribution in [0.5, 0.6) is 0 Å². The summed E-state index contributed by atoms with van der Waals surface area (Å²) in [5.74, 6) is 0. The molecule has 0 aliphatic carbocycles. The summed E-state index contributed by atoms with van der Waals surface area (Å²) in [5.41, 5.74) is -0.00178. The summed E-state index contributed by atoms with van der Waals surface area (Å²) in [7, 11) is 4.43. The Kier molecular flexibility index (Phi) is 12.2. The first-order valence-corrected chi connectivity index (χ1v) is 9.79. The molecule has 0 bridgehead atoms. The summed E-state index contributed by atoms with van der Waals surface area (Å²) in [6.45, 7) is 2.65.